The number of hydrogen-bond acceptors (Lipinski definition) is 4. The molecule has 0 radical (unpaired) electrons. The third kappa shape index (κ3) is 4.48. The average molecular weight is 385 g/mol. The van der Waals surface area contributed by atoms with Gasteiger partial charge in [0.05, 0.1) is 24.6 Å². The largest absolute Gasteiger partial charge is 0.378 e. The van der Waals surface area contributed by atoms with Gasteiger partial charge in [-0.25, -0.2) is 4.39 Å². The molecule has 1 heterocycles. The van der Waals surface area contributed by atoms with E-state index in [0.717, 1.165) is 18.8 Å². The summed E-state index contributed by atoms with van der Waals surface area (Å²) in [5.41, 5.74) is 0.478. The lowest BCUT2D eigenvalue weighted by molar-refractivity contribution is -0.135. The summed E-state index contributed by atoms with van der Waals surface area (Å²) in [6.07, 6.45) is 0. The van der Waals surface area contributed by atoms with Crippen molar-refractivity contribution in [2.75, 3.05) is 41.8 Å². The van der Waals surface area contributed by atoms with Crippen LogP contribution >= 0.6 is 0 Å². The Morgan fingerprint density at radius 3 is 2.39 bits per heavy atom. The number of benzene rings is 2. The van der Waals surface area contributed by atoms with E-state index in [4.69, 9.17) is 4.74 Å². The Morgan fingerprint density at radius 1 is 1.00 bits per heavy atom. The summed E-state index contributed by atoms with van der Waals surface area (Å²) >= 11 is 0. The van der Waals surface area contributed by atoms with Crippen LogP contribution < -0.4 is 15.5 Å². The Balaban J connectivity index is 1.73. The molecule has 0 spiro atoms. The van der Waals surface area contributed by atoms with Crippen LogP contribution in [0.3, 0.4) is 0 Å². The fourth-order valence-corrected chi connectivity index (χ4v) is 2.89. The molecule has 3 rings (SSSR count). The number of para-hydroxylation sites is 2. The van der Waals surface area contributed by atoms with Crippen molar-refractivity contribution < 1.29 is 18.7 Å². The van der Waals surface area contributed by atoms with Crippen molar-refractivity contribution in [1.29, 1.82) is 0 Å². The normalized spacial score (nSPS) is 14.5. The highest BCUT2D eigenvalue weighted by atomic mass is 19.1. The molecular weight excluding hydrogens is 361 g/mol. The second kappa shape index (κ2) is 8.39. The Morgan fingerprint density at radius 2 is 1.68 bits per heavy atom. The lowest BCUT2D eigenvalue weighted by Crippen LogP contribution is -2.42. The number of morpholine rings is 1. The summed E-state index contributed by atoms with van der Waals surface area (Å²) in [5.74, 6) is -1.42. The van der Waals surface area contributed by atoms with Gasteiger partial charge < -0.3 is 20.3 Å². The van der Waals surface area contributed by atoms with Crippen molar-refractivity contribution in [3.05, 3.63) is 54.3 Å². The molecule has 0 atom stereocenters. The van der Waals surface area contributed by atoms with Crippen LogP contribution in [0.4, 0.5) is 21.5 Å². The SMILES string of the molecule is CC(C)(C(=O)Nc1cccc(F)c1)C(=O)Nc1ccccc1N1CCOCC1. The number of amides is 2. The van der Waals surface area contributed by atoms with Gasteiger partial charge in [0, 0.05) is 18.8 Å². The molecule has 2 aromatic carbocycles. The van der Waals surface area contributed by atoms with Gasteiger partial charge >= 0.3 is 0 Å². The van der Waals surface area contributed by atoms with Crippen LogP contribution in [-0.4, -0.2) is 38.1 Å². The maximum Gasteiger partial charge on any atom is 0.239 e. The quantitative estimate of drug-likeness (QED) is 0.775. The smallest absolute Gasteiger partial charge is 0.239 e. The van der Waals surface area contributed by atoms with E-state index in [0.29, 0.717) is 24.6 Å². The highest BCUT2D eigenvalue weighted by Crippen LogP contribution is 2.29. The van der Waals surface area contributed by atoms with Gasteiger partial charge in [-0.05, 0) is 44.2 Å². The third-order valence-corrected chi connectivity index (χ3v) is 4.72. The molecule has 0 saturated carbocycles. The molecule has 7 heteroatoms. The number of anilines is 3. The molecule has 148 valence electrons. The minimum atomic E-state index is -1.36. The molecule has 0 aromatic heterocycles. The van der Waals surface area contributed by atoms with E-state index in [1.54, 1.807) is 6.07 Å². The maximum atomic E-state index is 13.3. The van der Waals surface area contributed by atoms with E-state index in [1.165, 1.54) is 32.0 Å². The summed E-state index contributed by atoms with van der Waals surface area (Å²) in [6.45, 7) is 5.79. The van der Waals surface area contributed by atoms with Gasteiger partial charge in [0.15, 0.2) is 0 Å². The van der Waals surface area contributed by atoms with Gasteiger partial charge in [0.2, 0.25) is 11.8 Å². The zero-order valence-electron chi connectivity index (χ0n) is 16.0. The molecule has 6 nitrogen and oxygen atoms in total. The molecule has 1 saturated heterocycles. The van der Waals surface area contributed by atoms with Crippen LogP contribution in [0.2, 0.25) is 0 Å². The number of carbonyl (C=O) groups excluding carboxylic acids is 2. The van der Waals surface area contributed by atoms with E-state index in [1.807, 2.05) is 24.3 Å². The van der Waals surface area contributed by atoms with Gasteiger partial charge in [-0.1, -0.05) is 18.2 Å². The highest BCUT2D eigenvalue weighted by molar-refractivity contribution is 6.14. The Hall–Kier alpha value is -2.93. The van der Waals surface area contributed by atoms with Gasteiger partial charge in [-0.3, -0.25) is 9.59 Å². The Labute approximate surface area is 163 Å². The van der Waals surface area contributed by atoms with E-state index in [-0.39, 0.29) is 0 Å². The van der Waals surface area contributed by atoms with Gasteiger partial charge in [-0.2, -0.15) is 0 Å². The van der Waals surface area contributed by atoms with Crippen LogP contribution in [0, 0.1) is 11.2 Å². The molecule has 2 amide bonds. The van der Waals surface area contributed by atoms with Crippen molar-refractivity contribution in [3.8, 4) is 0 Å². The van der Waals surface area contributed by atoms with Crippen molar-refractivity contribution >= 4 is 28.9 Å². The number of nitrogens with one attached hydrogen (secondary N) is 2. The summed E-state index contributed by atoms with van der Waals surface area (Å²) in [5, 5.41) is 5.47. The third-order valence-electron chi connectivity index (χ3n) is 4.72. The molecule has 2 N–H and O–H groups in total. The van der Waals surface area contributed by atoms with E-state index >= 15 is 0 Å². The van der Waals surface area contributed by atoms with E-state index < -0.39 is 23.0 Å². The lowest BCUT2D eigenvalue weighted by Gasteiger charge is -2.31. The zero-order chi connectivity index (χ0) is 20.1. The number of carbonyl (C=O) groups is 2. The monoisotopic (exact) mass is 385 g/mol. The molecule has 0 bridgehead atoms. The van der Waals surface area contributed by atoms with Crippen LogP contribution in [0.1, 0.15) is 13.8 Å². The zero-order valence-corrected chi connectivity index (χ0v) is 16.0. The number of halogens is 1. The average Bonchev–Trinajstić information content (AvgIpc) is 2.69. The fraction of sp³-hybridized carbons (Fsp3) is 0.333. The second-order valence-corrected chi connectivity index (χ2v) is 7.16. The summed E-state index contributed by atoms with van der Waals surface area (Å²) in [7, 11) is 0. The van der Waals surface area contributed by atoms with Crippen LogP contribution in [0.5, 0.6) is 0 Å². The number of nitrogens with zero attached hydrogens (tertiary/aromatic N) is 1. The topological polar surface area (TPSA) is 70.7 Å². The molecule has 2 aromatic rings. The lowest BCUT2D eigenvalue weighted by atomic mass is 9.90. The summed E-state index contributed by atoms with van der Waals surface area (Å²) in [4.78, 5) is 27.7. The molecule has 1 aliphatic rings. The molecule has 0 aliphatic carbocycles. The molecular formula is C21H24FN3O3. The highest BCUT2D eigenvalue weighted by Gasteiger charge is 2.36. The van der Waals surface area contributed by atoms with E-state index in [2.05, 4.69) is 15.5 Å². The molecule has 0 unspecified atom stereocenters. The standard InChI is InChI=1S/C21H24FN3O3/c1-21(2,19(26)23-16-7-5-6-15(22)14-16)20(27)24-17-8-3-4-9-18(17)25-10-12-28-13-11-25/h3-9,14H,10-13H2,1-2H3,(H,23,26)(H,24,27). The van der Waals surface area contributed by atoms with Gasteiger partial charge in [0.1, 0.15) is 11.2 Å². The number of hydrogen-bond donors (Lipinski definition) is 2. The van der Waals surface area contributed by atoms with Gasteiger partial charge in [0.25, 0.3) is 0 Å². The van der Waals surface area contributed by atoms with Crippen LogP contribution in [0.15, 0.2) is 48.5 Å². The first kappa shape index (κ1) is 19.8. The predicted molar refractivity (Wildman–Crippen MR) is 107 cm³/mol. The first-order valence-corrected chi connectivity index (χ1v) is 9.18. The Kier molecular flexibility index (Phi) is 5.94. The Bertz CT molecular complexity index is 863. The predicted octanol–water partition coefficient (Wildman–Crippen LogP) is 3.27. The van der Waals surface area contributed by atoms with Crippen molar-refractivity contribution in [2.24, 2.45) is 5.41 Å². The minimum Gasteiger partial charge on any atom is -0.378 e. The summed E-state index contributed by atoms with van der Waals surface area (Å²) in [6, 6.07) is 13.0. The molecule has 1 aliphatic heterocycles. The number of ether oxygens (including phenoxy) is 1. The minimum absolute atomic E-state index is 0.305. The number of rotatable bonds is 5. The second-order valence-electron chi connectivity index (χ2n) is 7.16. The molecule has 28 heavy (non-hydrogen) atoms. The van der Waals surface area contributed by atoms with E-state index in [9.17, 15) is 14.0 Å². The van der Waals surface area contributed by atoms with Crippen molar-refractivity contribution in [1.82, 2.24) is 0 Å². The first-order valence-electron chi connectivity index (χ1n) is 9.18. The van der Waals surface area contributed by atoms with Crippen molar-refractivity contribution in [2.45, 2.75) is 13.8 Å². The first-order chi connectivity index (χ1) is 13.4. The van der Waals surface area contributed by atoms with Crippen molar-refractivity contribution in [3.63, 3.8) is 0 Å². The van der Waals surface area contributed by atoms with Crippen LogP contribution in [0.25, 0.3) is 0 Å². The fourth-order valence-electron chi connectivity index (χ4n) is 2.89. The van der Waals surface area contributed by atoms with Crippen LogP contribution in [-0.2, 0) is 14.3 Å². The summed E-state index contributed by atoms with van der Waals surface area (Å²) < 4.78 is 18.7. The van der Waals surface area contributed by atoms with Gasteiger partial charge in [-0.15, -0.1) is 0 Å². The maximum absolute atomic E-state index is 13.3. The molecule has 1 fully saturated rings.